The third kappa shape index (κ3) is 4.52. The first-order chi connectivity index (χ1) is 11.5. The molecule has 24 heavy (non-hydrogen) atoms. The van der Waals surface area contributed by atoms with Gasteiger partial charge in [-0.2, -0.15) is 0 Å². The van der Waals surface area contributed by atoms with Gasteiger partial charge in [0.2, 0.25) is 0 Å². The Morgan fingerprint density at radius 3 is 2.21 bits per heavy atom. The largest absolute Gasteiger partial charge is 0.506 e. The van der Waals surface area contributed by atoms with Crippen LogP contribution >= 0.6 is 19.2 Å². The molecule has 0 bridgehead atoms. The van der Waals surface area contributed by atoms with E-state index in [0.29, 0.717) is 16.3 Å². The lowest BCUT2D eigenvalue weighted by Gasteiger charge is -2.28. The maximum atomic E-state index is 13.3. The Kier molecular flexibility index (Phi) is 6.69. The molecule has 2 rings (SSSR count). The summed E-state index contributed by atoms with van der Waals surface area (Å²) in [4.78, 5) is 0. The molecule has 7 heteroatoms. The minimum absolute atomic E-state index is 0.0519. The summed E-state index contributed by atoms with van der Waals surface area (Å²) >= 11 is 5.95. The Balaban J connectivity index is 2.46. The number of anilines is 1. The van der Waals surface area contributed by atoms with Gasteiger partial charge in [0.25, 0.3) is 0 Å². The Morgan fingerprint density at radius 2 is 1.67 bits per heavy atom. The molecule has 0 aromatic heterocycles. The van der Waals surface area contributed by atoms with E-state index in [9.17, 15) is 9.67 Å². The Hall–Kier alpha value is -1.52. The lowest BCUT2D eigenvalue weighted by atomic mass is 10.2. The molecule has 1 unspecified atom stereocenters. The van der Waals surface area contributed by atoms with Gasteiger partial charge in [0, 0.05) is 5.02 Å². The molecule has 0 radical (unpaired) electrons. The van der Waals surface area contributed by atoms with Crippen LogP contribution in [0.2, 0.25) is 5.02 Å². The number of phenols is 1. The predicted octanol–water partition coefficient (Wildman–Crippen LogP) is 5.42. The molecule has 0 aliphatic carbocycles. The van der Waals surface area contributed by atoms with Crippen LogP contribution in [0.3, 0.4) is 0 Å². The fraction of sp³-hybridized carbons (Fsp3) is 0.294. The molecular formula is C17H21ClNO4P. The third-order valence-corrected chi connectivity index (χ3v) is 5.86. The highest BCUT2D eigenvalue weighted by Crippen LogP contribution is 2.61. The van der Waals surface area contributed by atoms with Crippen molar-refractivity contribution < 1.29 is 18.7 Å². The van der Waals surface area contributed by atoms with Crippen molar-refractivity contribution in [2.24, 2.45) is 0 Å². The molecule has 0 aliphatic heterocycles. The van der Waals surface area contributed by atoms with Gasteiger partial charge in [-0.05, 0) is 43.7 Å². The number of benzene rings is 2. The molecule has 0 saturated carbocycles. The molecular weight excluding hydrogens is 349 g/mol. The zero-order chi connectivity index (χ0) is 17.6. The van der Waals surface area contributed by atoms with Crippen molar-refractivity contribution in [3.8, 4) is 5.75 Å². The van der Waals surface area contributed by atoms with Crippen LogP contribution in [0.25, 0.3) is 0 Å². The van der Waals surface area contributed by atoms with Crippen molar-refractivity contribution >= 4 is 24.9 Å². The molecule has 2 aromatic rings. The molecule has 5 nitrogen and oxygen atoms in total. The minimum Gasteiger partial charge on any atom is -0.506 e. The van der Waals surface area contributed by atoms with Crippen molar-refractivity contribution in [1.82, 2.24) is 0 Å². The van der Waals surface area contributed by atoms with Crippen LogP contribution in [0.15, 0.2) is 48.5 Å². The van der Waals surface area contributed by atoms with Crippen LogP contribution in [-0.2, 0) is 13.6 Å². The monoisotopic (exact) mass is 369 g/mol. The summed E-state index contributed by atoms with van der Waals surface area (Å²) < 4.78 is 24.3. The molecule has 2 N–H and O–H groups in total. The highest BCUT2D eigenvalue weighted by Gasteiger charge is 2.37. The average Bonchev–Trinajstić information content (AvgIpc) is 2.55. The van der Waals surface area contributed by atoms with E-state index in [1.54, 1.807) is 62.4 Å². The van der Waals surface area contributed by atoms with Crippen LogP contribution in [0.5, 0.6) is 5.75 Å². The highest BCUT2D eigenvalue weighted by molar-refractivity contribution is 7.54. The van der Waals surface area contributed by atoms with E-state index < -0.39 is 13.4 Å². The van der Waals surface area contributed by atoms with Crippen molar-refractivity contribution in [2.75, 3.05) is 18.5 Å². The van der Waals surface area contributed by atoms with E-state index >= 15 is 0 Å². The molecule has 2 aromatic carbocycles. The van der Waals surface area contributed by atoms with Gasteiger partial charge in [0.15, 0.2) is 5.78 Å². The second-order valence-corrected chi connectivity index (χ2v) is 7.54. The number of halogens is 1. The topological polar surface area (TPSA) is 67.8 Å². The predicted molar refractivity (Wildman–Crippen MR) is 96.8 cm³/mol. The summed E-state index contributed by atoms with van der Waals surface area (Å²) in [5, 5.41) is 13.7. The van der Waals surface area contributed by atoms with Crippen molar-refractivity contribution in [2.45, 2.75) is 19.6 Å². The summed E-state index contributed by atoms with van der Waals surface area (Å²) in [7, 11) is -3.52. The van der Waals surface area contributed by atoms with Gasteiger partial charge in [-0.3, -0.25) is 4.57 Å². The van der Waals surface area contributed by atoms with Crippen LogP contribution in [0.1, 0.15) is 25.2 Å². The third-order valence-electron chi connectivity index (χ3n) is 3.32. The quantitative estimate of drug-likeness (QED) is 0.480. The first-order valence-corrected chi connectivity index (χ1v) is 9.68. The Bertz CT molecular complexity index is 698. The number of hydrogen-bond acceptors (Lipinski definition) is 5. The van der Waals surface area contributed by atoms with E-state index in [4.69, 9.17) is 20.6 Å². The van der Waals surface area contributed by atoms with Crippen LogP contribution in [0, 0.1) is 0 Å². The lowest BCUT2D eigenvalue weighted by molar-refractivity contribution is 0.214. The lowest BCUT2D eigenvalue weighted by Crippen LogP contribution is -2.15. The summed E-state index contributed by atoms with van der Waals surface area (Å²) in [5.41, 5.74) is 1.13. The van der Waals surface area contributed by atoms with Gasteiger partial charge in [-0.15, -0.1) is 0 Å². The first-order valence-electron chi connectivity index (χ1n) is 7.69. The van der Waals surface area contributed by atoms with Crippen LogP contribution < -0.4 is 5.32 Å². The SMILES string of the molecule is CCOP(=O)(OCC)C(Nc1ccccc1O)c1ccc(Cl)cc1. The van der Waals surface area contributed by atoms with E-state index in [1.807, 2.05) is 0 Å². The number of phenolic OH excluding ortho intramolecular Hbond substituents is 1. The zero-order valence-corrected chi connectivity index (χ0v) is 15.3. The van der Waals surface area contributed by atoms with Crippen molar-refractivity contribution in [3.63, 3.8) is 0 Å². The molecule has 0 heterocycles. The van der Waals surface area contributed by atoms with Crippen LogP contribution in [-0.4, -0.2) is 18.3 Å². The second-order valence-electron chi connectivity index (χ2n) is 4.99. The Morgan fingerprint density at radius 1 is 1.08 bits per heavy atom. The van der Waals surface area contributed by atoms with Gasteiger partial charge in [0.1, 0.15) is 5.75 Å². The number of hydrogen-bond donors (Lipinski definition) is 2. The highest BCUT2D eigenvalue weighted by atomic mass is 35.5. The van der Waals surface area contributed by atoms with E-state index in [1.165, 1.54) is 0 Å². The molecule has 0 spiro atoms. The molecule has 0 aliphatic rings. The van der Waals surface area contributed by atoms with Gasteiger partial charge in [-0.25, -0.2) is 0 Å². The number of aromatic hydroxyl groups is 1. The van der Waals surface area contributed by atoms with Gasteiger partial charge >= 0.3 is 7.60 Å². The summed E-state index contributed by atoms with van der Waals surface area (Å²) in [6.07, 6.45) is 0. The normalized spacial score (nSPS) is 12.8. The second kappa shape index (κ2) is 8.54. The number of para-hydroxylation sites is 2. The van der Waals surface area contributed by atoms with Crippen molar-refractivity contribution in [1.29, 1.82) is 0 Å². The molecule has 0 amide bonds. The first kappa shape index (κ1) is 18.8. The van der Waals surface area contributed by atoms with E-state index in [0.717, 1.165) is 0 Å². The van der Waals surface area contributed by atoms with Gasteiger partial charge in [0.05, 0.1) is 18.9 Å². The molecule has 0 fully saturated rings. The fourth-order valence-corrected chi connectivity index (χ4v) is 4.33. The standard InChI is InChI=1S/C17H21ClNO4P/c1-3-22-24(21,23-4-2)17(13-9-11-14(18)12-10-13)19-15-7-5-6-8-16(15)20/h5-12,17,19-20H,3-4H2,1-2H3. The van der Waals surface area contributed by atoms with Gasteiger partial charge < -0.3 is 19.5 Å². The summed E-state index contributed by atoms with van der Waals surface area (Å²) in [6.45, 7) is 3.99. The summed E-state index contributed by atoms with van der Waals surface area (Å²) in [5.74, 6) is -0.723. The van der Waals surface area contributed by atoms with Gasteiger partial charge in [-0.1, -0.05) is 35.9 Å². The molecule has 130 valence electrons. The zero-order valence-electron chi connectivity index (χ0n) is 13.6. The fourth-order valence-electron chi connectivity index (χ4n) is 2.28. The minimum atomic E-state index is -3.52. The van der Waals surface area contributed by atoms with Crippen molar-refractivity contribution in [3.05, 3.63) is 59.1 Å². The molecule has 1 atom stereocenters. The maximum Gasteiger partial charge on any atom is 0.357 e. The van der Waals surface area contributed by atoms with Crippen LogP contribution in [0.4, 0.5) is 5.69 Å². The van der Waals surface area contributed by atoms with E-state index in [-0.39, 0.29) is 19.0 Å². The molecule has 0 saturated heterocycles. The maximum absolute atomic E-state index is 13.3. The smallest absolute Gasteiger partial charge is 0.357 e. The number of nitrogens with one attached hydrogen (secondary N) is 1. The number of rotatable bonds is 8. The Labute approximate surface area is 147 Å². The summed E-state index contributed by atoms with van der Waals surface area (Å²) in [6, 6.07) is 13.6. The average molecular weight is 370 g/mol. The van der Waals surface area contributed by atoms with E-state index in [2.05, 4.69) is 5.32 Å².